The molecular formula is C16H17N3O6. The number of carbonyl (C=O) groups excluding carboxylic acids is 3. The Bertz CT molecular complexity index is 799. The van der Waals surface area contributed by atoms with Crippen LogP contribution in [-0.4, -0.2) is 29.8 Å². The summed E-state index contributed by atoms with van der Waals surface area (Å²) >= 11 is 0. The first kappa shape index (κ1) is 18.1. The van der Waals surface area contributed by atoms with E-state index in [0.29, 0.717) is 11.3 Å². The van der Waals surface area contributed by atoms with Gasteiger partial charge in [-0.1, -0.05) is 0 Å². The number of rotatable bonds is 4. The van der Waals surface area contributed by atoms with Crippen LogP contribution in [0.2, 0.25) is 0 Å². The third-order valence-electron chi connectivity index (χ3n) is 3.87. The number of nitrogens with one attached hydrogen (secondary N) is 2. The van der Waals surface area contributed by atoms with E-state index in [-0.39, 0.29) is 29.3 Å². The topological polar surface area (TPSA) is 128 Å². The monoisotopic (exact) mass is 347 g/mol. The zero-order valence-corrected chi connectivity index (χ0v) is 13.9. The summed E-state index contributed by atoms with van der Waals surface area (Å²) in [4.78, 5) is 46.5. The van der Waals surface area contributed by atoms with Crippen LogP contribution in [0.15, 0.2) is 29.5 Å². The number of amides is 2. The third-order valence-corrected chi connectivity index (χ3v) is 3.87. The van der Waals surface area contributed by atoms with Crippen LogP contribution in [0.1, 0.15) is 18.9 Å². The van der Waals surface area contributed by atoms with Crippen molar-refractivity contribution < 1.29 is 24.0 Å². The van der Waals surface area contributed by atoms with E-state index in [1.54, 1.807) is 6.92 Å². The minimum absolute atomic E-state index is 0.0826. The standard InChI is InChI=1S/C16H17N3O6/c1-8-6-10(19(23)24)4-5-12(8)18-15(21)11-7-13(20)17-9(2)14(11)16(22)25-3/h4-6,11H,7H2,1-3H3,(H,17,20)(H,18,21). The quantitative estimate of drug-likeness (QED) is 0.482. The van der Waals surface area contributed by atoms with Crippen LogP contribution in [-0.2, 0) is 19.1 Å². The Labute approximate surface area is 143 Å². The van der Waals surface area contributed by atoms with Crippen molar-refractivity contribution in [2.24, 2.45) is 5.92 Å². The molecule has 9 heteroatoms. The molecule has 0 aliphatic carbocycles. The van der Waals surface area contributed by atoms with Gasteiger partial charge in [0.05, 0.1) is 23.5 Å². The van der Waals surface area contributed by atoms with E-state index in [1.165, 1.54) is 32.2 Å². The molecule has 1 aromatic carbocycles. The molecule has 0 fully saturated rings. The summed E-state index contributed by atoms with van der Waals surface area (Å²) in [5, 5.41) is 15.9. The number of nitro benzene ring substituents is 1. The molecular weight excluding hydrogens is 330 g/mol. The van der Waals surface area contributed by atoms with Gasteiger partial charge in [-0.05, 0) is 25.5 Å². The summed E-state index contributed by atoms with van der Waals surface area (Å²) in [6, 6.07) is 3.99. The second-order valence-corrected chi connectivity index (χ2v) is 5.58. The van der Waals surface area contributed by atoms with Crippen LogP contribution < -0.4 is 10.6 Å². The lowest BCUT2D eigenvalue weighted by atomic mass is 9.89. The predicted octanol–water partition coefficient (Wildman–Crippen LogP) is 1.42. The largest absolute Gasteiger partial charge is 0.466 e. The summed E-state index contributed by atoms with van der Waals surface area (Å²) in [5.74, 6) is -2.65. The number of anilines is 1. The highest BCUT2D eigenvalue weighted by Gasteiger charge is 2.36. The molecule has 2 rings (SSSR count). The zero-order valence-electron chi connectivity index (χ0n) is 13.9. The lowest BCUT2D eigenvalue weighted by Crippen LogP contribution is -2.40. The second kappa shape index (κ2) is 7.12. The summed E-state index contributed by atoms with van der Waals surface area (Å²) in [7, 11) is 1.19. The molecule has 1 atom stereocenters. The second-order valence-electron chi connectivity index (χ2n) is 5.58. The van der Waals surface area contributed by atoms with Gasteiger partial charge in [0.25, 0.3) is 5.69 Å². The lowest BCUT2D eigenvalue weighted by molar-refractivity contribution is -0.384. The number of methoxy groups -OCH3 is 1. The third kappa shape index (κ3) is 3.82. The van der Waals surface area contributed by atoms with Crippen molar-refractivity contribution in [1.29, 1.82) is 0 Å². The number of ether oxygens (including phenoxy) is 1. The highest BCUT2D eigenvalue weighted by molar-refractivity contribution is 6.06. The van der Waals surface area contributed by atoms with Gasteiger partial charge >= 0.3 is 5.97 Å². The Morgan fingerprint density at radius 1 is 1.36 bits per heavy atom. The minimum Gasteiger partial charge on any atom is -0.466 e. The van der Waals surface area contributed by atoms with E-state index in [2.05, 4.69) is 15.4 Å². The first-order valence-corrected chi connectivity index (χ1v) is 7.39. The van der Waals surface area contributed by atoms with Gasteiger partial charge in [0.15, 0.2) is 0 Å². The molecule has 1 aromatic rings. The predicted molar refractivity (Wildman–Crippen MR) is 87.4 cm³/mol. The fraction of sp³-hybridized carbons (Fsp3) is 0.312. The van der Waals surface area contributed by atoms with Crippen molar-refractivity contribution in [2.45, 2.75) is 20.3 Å². The number of allylic oxidation sites excluding steroid dienone is 1. The van der Waals surface area contributed by atoms with Crippen molar-refractivity contribution in [3.8, 4) is 0 Å². The molecule has 1 heterocycles. The fourth-order valence-corrected chi connectivity index (χ4v) is 2.63. The smallest absolute Gasteiger partial charge is 0.336 e. The highest BCUT2D eigenvalue weighted by atomic mass is 16.6. The number of hydrogen-bond donors (Lipinski definition) is 2. The molecule has 0 radical (unpaired) electrons. The fourth-order valence-electron chi connectivity index (χ4n) is 2.63. The lowest BCUT2D eigenvalue weighted by Gasteiger charge is -2.25. The number of nitrogens with zero attached hydrogens (tertiary/aromatic N) is 1. The van der Waals surface area contributed by atoms with Gasteiger partial charge in [-0.3, -0.25) is 19.7 Å². The summed E-state index contributed by atoms with van der Waals surface area (Å²) < 4.78 is 4.69. The van der Waals surface area contributed by atoms with Gasteiger partial charge in [-0.25, -0.2) is 4.79 Å². The van der Waals surface area contributed by atoms with Crippen molar-refractivity contribution in [3.63, 3.8) is 0 Å². The number of hydrogen-bond acceptors (Lipinski definition) is 6. The summed E-state index contributed by atoms with van der Waals surface area (Å²) in [5.41, 5.74) is 1.10. The zero-order chi connectivity index (χ0) is 18.7. The minimum atomic E-state index is -1.00. The SMILES string of the molecule is COC(=O)C1=C(C)NC(=O)CC1C(=O)Nc1ccc([N+](=O)[O-])cc1C. The first-order valence-electron chi connectivity index (χ1n) is 7.39. The molecule has 1 unspecified atom stereocenters. The van der Waals surface area contributed by atoms with Crippen LogP contribution in [0.3, 0.4) is 0 Å². The van der Waals surface area contributed by atoms with Crippen molar-refractivity contribution >= 4 is 29.2 Å². The molecule has 0 bridgehead atoms. The summed E-state index contributed by atoms with van der Waals surface area (Å²) in [6.45, 7) is 3.12. The molecule has 132 valence electrons. The van der Waals surface area contributed by atoms with E-state index >= 15 is 0 Å². The first-order chi connectivity index (χ1) is 11.7. The molecule has 1 aliphatic rings. The van der Waals surface area contributed by atoms with Gasteiger partial charge in [0.1, 0.15) is 0 Å². The molecule has 0 aromatic heterocycles. The van der Waals surface area contributed by atoms with Crippen molar-refractivity contribution in [3.05, 3.63) is 45.1 Å². The molecule has 0 saturated carbocycles. The van der Waals surface area contributed by atoms with Crippen LogP contribution in [0.5, 0.6) is 0 Å². The molecule has 0 spiro atoms. The maximum Gasteiger partial charge on any atom is 0.336 e. The van der Waals surface area contributed by atoms with E-state index in [4.69, 9.17) is 0 Å². The number of aryl methyl sites for hydroxylation is 1. The molecule has 1 aliphatic heterocycles. The van der Waals surface area contributed by atoms with Gasteiger partial charge in [0.2, 0.25) is 11.8 Å². The molecule has 2 amide bonds. The number of carbonyl (C=O) groups is 3. The number of non-ortho nitro benzene ring substituents is 1. The normalized spacial score (nSPS) is 16.9. The van der Waals surface area contributed by atoms with E-state index in [9.17, 15) is 24.5 Å². The Morgan fingerprint density at radius 3 is 2.60 bits per heavy atom. The van der Waals surface area contributed by atoms with Gasteiger partial charge < -0.3 is 15.4 Å². The van der Waals surface area contributed by atoms with Crippen LogP contribution in [0.4, 0.5) is 11.4 Å². The Kier molecular flexibility index (Phi) is 5.16. The summed E-state index contributed by atoms with van der Waals surface area (Å²) in [6.07, 6.45) is -0.195. The molecule has 0 saturated heterocycles. The van der Waals surface area contributed by atoms with Crippen LogP contribution >= 0.6 is 0 Å². The number of nitro groups is 1. The molecule has 9 nitrogen and oxygen atoms in total. The average Bonchev–Trinajstić information content (AvgIpc) is 2.55. The Morgan fingerprint density at radius 2 is 2.04 bits per heavy atom. The van der Waals surface area contributed by atoms with Crippen molar-refractivity contribution in [2.75, 3.05) is 12.4 Å². The van der Waals surface area contributed by atoms with Gasteiger partial charge in [-0.2, -0.15) is 0 Å². The highest BCUT2D eigenvalue weighted by Crippen LogP contribution is 2.27. The molecule has 2 N–H and O–H groups in total. The van der Waals surface area contributed by atoms with E-state index in [0.717, 1.165) is 0 Å². The maximum absolute atomic E-state index is 12.6. The maximum atomic E-state index is 12.6. The van der Waals surface area contributed by atoms with Gasteiger partial charge in [0, 0.05) is 29.9 Å². The van der Waals surface area contributed by atoms with Gasteiger partial charge in [-0.15, -0.1) is 0 Å². The molecule has 25 heavy (non-hydrogen) atoms. The van der Waals surface area contributed by atoms with Crippen molar-refractivity contribution in [1.82, 2.24) is 5.32 Å². The Balaban J connectivity index is 2.30. The average molecular weight is 347 g/mol. The Hall–Kier alpha value is -3.23. The van der Waals surface area contributed by atoms with Crippen LogP contribution in [0.25, 0.3) is 0 Å². The number of esters is 1. The van der Waals surface area contributed by atoms with E-state index < -0.39 is 22.7 Å². The van der Waals surface area contributed by atoms with Crippen LogP contribution in [0, 0.1) is 23.0 Å². The van der Waals surface area contributed by atoms with E-state index in [1.807, 2.05) is 0 Å². The number of benzene rings is 1.